The number of carbonyl (C=O) groups is 4. The maximum atomic E-state index is 15.3. The second kappa shape index (κ2) is 21.1. The minimum absolute atomic E-state index is 0.0865. The van der Waals surface area contributed by atoms with Crippen LogP contribution in [0.25, 0.3) is 11.3 Å². The largest absolute Gasteiger partial charge is 0.450 e. The summed E-state index contributed by atoms with van der Waals surface area (Å²) in [5.41, 5.74) is -0.701. The molecule has 3 aromatic rings. The fraction of sp³-hybridized carbons (Fsp3) is 0.523. The maximum absolute atomic E-state index is 15.3. The van der Waals surface area contributed by atoms with Crippen LogP contribution in [0.5, 0.6) is 0 Å². The third-order valence-electron chi connectivity index (χ3n) is 10.9. The first-order valence-electron chi connectivity index (χ1n) is 20.5. The lowest BCUT2D eigenvalue weighted by Gasteiger charge is -2.43. The molecular weight excluding hydrogens is 798 g/mol. The van der Waals surface area contributed by atoms with E-state index in [9.17, 15) is 28.7 Å². The molecule has 17 heteroatoms. The molecule has 2 aliphatic heterocycles. The summed E-state index contributed by atoms with van der Waals surface area (Å²) in [6.07, 6.45) is 1.27. The van der Waals surface area contributed by atoms with Gasteiger partial charge in [-0.25, -0.2) is 22.9 Å². The second-order valence-electron chi connectivity index (χ2n) is 16.7. The molecule has 61 heavy (non-hydrogen) atoms. The van der Waals surface area contributed by atoms with E-state index in [1.165, 1.54) is 24.0 Å². The zero-order valence-electron chi connectivity index (χ0n) is 35.4. The number of aliphatic hydroxyl groups excluding tert-OH is 1. The van der Waals surface area contributed by atoms with Crippen molar-refractivity contribution in [3.05, 3.63) is 89.9 Å². The van der Waals surface area contributed by atoms with Crippen molar-refractivity contribution in [1.82, 2.24) is 30.0 Å². The Bertz CT molecular complexity index is 1990. The molecule has 14 nitrogen and oxygen atoms in total. The minimum Gasteiger partial charge on any atom is -0.450 e. The molecule has 1 saturated heterocycles. The van der Waals surface area contributed by atoms with Crippen LogP contribution in [0.1, 0.15) is 64.9 Å². The SMILES string of the molecule is CC(O)C(=O)N(CC1CNCC1F)C(c1nc(-c2cc(F)ccc2F)cn1Cc1ccccc1)C(C)(C)CCOC(=O)NCCOCCC(C)(C)OCCN1C(=O)C=CC1=O. The lowest BCUT2D eigenvalue weighted by atomic mass is 9.79. The third-order valence-corrected chi connectivity index (χ3v) is 10.9. The van der Waals surface area contributed by atoms with Crippen molar-refractivity contribution >= 4 is 23.8 Å². The van der Waals surface area contributed by atoms with Gasteiger partial charge in [0.05, 0.1) is 43.7 Å². The number of imide groups is 1. The minimum atomic E-state index is -1.47. The van der Waals surface area contributed by atoms with Crippen LogP contribution in [0.15, 0.2) is 66.9 Å². The van der Waals surface area contributed by atoms with Gasteiger partial charge in [0.25, 0.3) is 17.7 Å². The van der Waals surface area contributed by atoms with Gasteiger partial charge in [0, 0.05) is 69.2 Å². The van der Waals surface area contributed by atoms with E-state index in [2.05, 4.69) is 10.6 Å². The Morgan fingerprint density at radius 3 is 2.39 bits per heavy atom. The van der Waals surface area contributed by atoms with E-state index in [1.54, 1.807) is 10.8 Å². The molecule has 2 aromatic carbocycles. The average Bonchev–Trinajstić information content (AvgIpc) is 3.91. The number of benzene rings is 2. The van der Waals surface area contributed by atoms with Crippen LogP contribution < -0.4 is 10.6 Å². The van der Waals surface area contributed by atoms with Gasteiger partial charge >= 0.3 is 6.09 Å². The molecule has 2 aliphatic rings. The van der Waals surface area contributed by atoms with Crippen LogP contribution in [0.4, 0.5) is 18.0 Å². The van der Waals surface area contributed by atoms with Gasteiger partial charge in [-0.05, 0) is 62.8 Å². The summed E-state index contributed by atoms with van der Waals surface area (Å²) in [5.74, 6) is -3.11. The van der Waals surface area contributed by atoms with Crippen molar-refractivity contribution in [2.24, 2.45) is 11.3 Å². The van der Waals surface area contributed by atoms with Gasteiger partial charge in [0.15, 0.2) is 0 Å². The number of halogens is 3. The Hall–Kier alpha value is -5.10. The van der Waals surface area contributed by atoms with E-state index in [0.717, 1.165) is 28.7 Å². The molecule has 1 fully saturated rings. The van der Waals surface area contributed by atoms with Crippen LogP contribution in [-0.4, -0.2) is 125 Å². The van der Waals surface area contributed by atoms with Crippen molar-refractivity contribution in [2.75, 3.05) is 59.2 Å². The monoisotopic (exact) mass is 854 g/mol. The molecule has 4 atom stereocenters. The van der Waals surface area contributed by atoms with E-state index in [1.807, 2.05) is 58.0 Å². The average molecular weight is 855 g/mol. The number of alkyl halides is 1. The van der Waals surface area contributed by atoms with Crippen LogP contribution in [-0.2, 0) is 35.1 Å². The summed E-state index contributed by atoms with van der Waals surface area (Å²) >= 11 is 0. The van der Waals surface area contributed by atoms with E-state index in [-0.39, 0.29) is 94.4 Å². The lowest BCUT2D eigenvalue weighted by molar-refractivity contribution is -0.146. The molecule has 3 heterocycles. The number of nitrogens with one attached hydrogen (secondary N) is 2. The summed E-state index contributed by atoms with van der Waals surface area (Å²) in [5, 5.41) is 16.4. The number of aliphatic hydroxyl groups is 1. The van der Waals surface area contributed by atoms with Gasteiger partial charge in [-0.15, -0.1) is 0 Å². The van der Waals surface area contributed by atoms with Gasteiger partial charge in [0.2, 0.25) is 0 Å². The highest BCUT2D eigenvalue weighted by Gasteiger charge is 2.44. The smallest absolute Gasteiger partial charge is 0.407 e. The standard InChI is InChI=1S/C44H57F3N6O8/c1-29(54)41(57)53(27-31-24-48-25-35(31)47)39(40-50-36(33-23-32(45)11-12-34(33)46)28-51(40)26-30-9-7-6-8-10-30)43(2,3)15-20-60-42(58)49-17-21-59-19-16-44(4,5)61-22-18-52-37(55)13-14-38(52)56/h6-14,23,28-29,31,35,39,48,54H,15-22,24-27H2,1-5H3,(H,49,58). The summed E-state index contributed by atoms with van der Waals surface area (Å²) in [6, 6.07) is 11.4. The first kappa shape index (κ1) is 47.0. The normalized spacial score (nSPS) is 17.8. The van der Waals surface area contributed by atoms with Crippen molar-refractivity contribution in [3.8, 4) is 11.3 Å². The number of nitrogens with zero attached hydrogens (tertiary/aromatic N) is 4. The zero-order valence-corrected chi connectivity index (χ0v) is 35.4. The number of rotatable bonds is 22. The molecule has 1 aromatic heterocycles. The number of aromatic nitrogens is 2. The van der Waals surface area contributed by atoms with Crippen molar-refractivity contribution < 1.29 is 51.7 Å². The molecular formula is C44H57F3N6O8. The van der Waals surface area contributed by atoms with E-state index in [4.69, 9.17) is 19.2 Å². The fourth-order valence-electron chi connectivity index (χ4n) is 7.36. The summed E-state index contributed by atoms with van der Waals surface area (Å²) in [4.78, 5) is 57.7. The van der Waals surface area contributed by atoms with Crippen LogP contribution >= 0.6 is 0 Å². The van der Waals surface area contributed by atoms with E-state index in [0.29, 0.717) is 13.0 Å². The number of hydrogen-bond donors (Lipinski definition) is 3. The highest BCUT2D eigenvalue weighted by Crippen LogP contribution is 2.43. The zero-order chi connectivity index (χ0) is 44.3. The number of alkyl carbamates (subject to hydrolysis) is 1. The maximum Gasteiger partial charge on any atom is 0.407 e. The number of ether oxygens (including phenoxy) is 3. The fourth-order valence-corrected chi connectivity index (χ4v) is 7.36. The molecule has 0 aliphatic carbocycles. The summed E-state index contributed by atoms with van der Waals surface area (Å²) in [7, 11) is 0. The van der Waals surface area contributed by atoms with Gasteiger partial charge in [-0.2, -0.15) is 0 Å². The lowest BCUT2D eigenvalue weighted by Crippen LogP contribution is -2.50. The summed E-state index contributed by atoms with van der Waals surface area (Å²) in [6.45, 7) is 10.1. The third kappa shape index (κ3) is 13.0. The summed E-state index contributed by atoms with van der Waals surface area (Å²) < 4.78 is 63.8. The Labute approximate surface area is 354 Å². The molecule has 0 radical (unpaired) electrons. The molecule has 0 saturated carbocycles. The number of carbonyl (C=O) groups excluding carboxylic acids is 4. The van der Waals surface area contributed by atoms with Crippen molar-refractivity contribution in [3.63, 3.8) is 0 Å². The molecule has 4 unspecified atom stereocenters. The number of amides is 4. The Balaban J connectivity index is 1.27. The molecule has 332 valence electrons. The molecule has 0 bridgehead atoms. The van der Waals surface area contributed by atoms with Crippen molar-refractivity contribution in [1.29, 1.82) is 0 Å². The number of hydrogen-bond acceptors (Lipinski definition) is 10. The highest BCUT2D eigenvalue weighted by atomic mass is 19.1. The van der Waals surface area contributed by atoms with Gasteiger partial charge in [-0.1, -0.05) is 44.2 Å². The van der Waals surface area contributed by atoms with Gasteiger partial charge < -0.3 is 39.4 Å². The Morgan fingerprint density at radius 1 is 1.00 bits per heavy atom. The number of imidazole rings is 1. The van der Waals surface area contributed by atoms with E-state index < -0.39 is 58.9 Å². The van der Waals surface area contributed by atoms with Crippen LogP contribution in [0, 0.1) is 23.0 Å². The molecule has 5 rings (SSSR count). The second-order valence-corrected chi connectivity index (χ2v) is 16.7. The predicted molar refractivity (Wildman–Crippen MR) is 220 cm³/mol. The van der Waals surface area contributed by atoms with Crippen LogP contribution in [0.2, 0.25) is 0 Å². The van der Waals surface area contributed by atoms with E-state index >= 15 is 8.78 Å². The molecule has 0 spiro atoms. The van der Waals surface area contributed by atoms with Gasteiger partial charge in [-0.3, -0.25) is 19.3 Å². The Kier molecular flexibility index (Phi) is 16.3. The van der Waals surface area contributed by atoms with Gasteiger partial charge in [0.1, 0.15) is 29.7 Å². The quantitative estimate of drug-likeness (QED) is 0.0931. The molecule has 4 amide bonds. The topological polar surface area (TPSA) is 165 Å². The predicted octanol–water partition coefficient (Wildman–Crippen LogP) is 4.95. The van der Waals surface area contributed by atoms with Crippen LogP contribution in [0.3, 0.4) is 0 Å². The highest BCUT2D eigenvalue weighted by molar-refractivity contribution is 6.12. The first-order valence-corrected chi connectivity index (χ1v) is 20.5. The van der Waals surface area contributed by atoms with Crippen molar-refractivity contribution in [2.45, 2.75) is 77.9 Å². The first-order chi connectivity index (χ1) is 29.0. The Morgan fingerprint density at radius 2 is 1.72 bits per heavy atom. The molecule has 3 N–H and O–H groups in total.